The van der Waals surface area contributed by atoms with Crippen molar-refractivity contribution < 1.29 is 23.1 Å². The largest absolute Gasteiger partial charge is 0.421 e. The van der Waals surface area contributed by atoms with E-state index in [-0.39, 0.29) is 36.6 Å². The van der Waals surface area contributed by atoms with Crippen LogP contribution in [0.4, 0.5) is 36.3 Å². The van der Waals surface area contributed by atoms with Crippen LogP contribution in [0, 0.1) is 5.92 Å². The molecule has 1 aliphatic heterocycles. The van der Waals surface area contributed by atoms with E-state index in [0.717, 1.165) is 31.0 Å². The molecule has 160 valence electrons. The van der Waals surface area contributed by atoms with Crippen LogP contribution in [-0.4, -0.2) is 33.6 Å². The first kappa shape index (κ1) is 20.4. The minimum atomic E-state index is -4.61. The topological polar surface area (TPSA) is 99.2 Å². The molecule has 30 heavy (non-hydrogen) atoms. The van der Waals surface area contributed by atoms with Gasteiger partial charge in [0.15, 0.2) is 0 Å². The van der Waals surface area contributed by atoms with Crippen molar-refractivity contribution in [3.63, 3.8) is 0 Å². The molecular formula is C20H22F3N5O2. The molecule has 2 aromatic rings. The van der Waals surface area contributed by atoms with Gasteiger partial charge in [0, 0.05) is 30.0 Å². The van der Waals surface area contributed by atoms with Gasteiger partial charge in [0.25, 0.3) is 0 Å². The summed E-state index contributed by atoms with van der Waals surface area (Å²) in [5.41, 5.74) is 1.12. The lowest BCUT2D eigenvalue weighted by atomic mass is 9.86. The molecule has 1 fully saturated rings. The highest BCUT2D eigenvalue weighted by molar-refractivity contribution is 5.99. The number of aliphatic hydroxyl groups excluding tert-OH is 1. The van der Waals surface area contributed by atoms with Gasteiger partial charge in [-0.25, -0.2) is 4.98 Å². The smallest absolute Gasteiger partial charge is 0.393 e. The van der Waals surface area contributed by atoms with Gasteiger partial charge in [-0.1, -0.05) is 12.8 Å². The van der Waals surface area contributed by atoms with Crippen LogP contribution in [0.2, 0.25) is 0 Å². The molecule has 1 amide bonds. The molecule has 0 radical (unpaired) electrons. The first-order valence-corrected chi connectivity index (χ1v) is 9.85. The number of carbonyl (C=O) groups is 1. The van der Waals surface area contributed by atoms with Crippen molar-refractivity contribution in [2.45, 2.75) is 44.4 Å². The summed E-state index contributed by atoms with van der Waals surface area (Å²) >= 11 is 0. The first-order valence-electron chi connectivity index (χ1n) is 9.85. The number of alkyl halides is 3. The van der Waals surface area contributed by atoms with E-state index in [1.54, 1.807) is 18.2 Å². The Morgan fingerprint density at radius 2 is 2.03 bits per heavy atom. The molecule has 0 saturated heterocycles. The molecule has 0 spiro atoms. The molecule has 1 aromatic carbocycles. The average Bonchev–Trinajstić information content (AvgIpc) is 3.06. The number of aromatic nitrogens is 2. The maximum Gasteiger partial charge on any atom is 0.421 e. The summed E-state index contributed by atoms with van der Waals surface area (Å²) < 4.78 is 40.2. The van der Waals surface area contributed by atoms with Crippen LogP contribution in [0.1, 0.15) is 36.8 Å². The monoisotopic (exact) mass is 421 g/mol. The van der Waals surface area contributed by atoms with E-state index in [2.05, 4.69) is 25.9 Å². The molecule has 10 heteroatoms. The van der Waals surface area contributed by atoms with Crippen LogP contribution in [0.5, 0.6) is 0 Å². The maximum absolute atomic E-state index is 13.4. The van der Waals surface area contributed by atoms with E-state index in [0.29, 0.717) is 17.8 Å². The number of anilines is 4. The zero-order valence-corrected chi connectivity index (χ0v) is 16.1. The van der Waals surface area contributed by atoms with Crippen molar-refractivity contribution in [1.29, 1.82) is 0 Å². The van der Waals surface area contributed by atoms with Gasteiger partial charge in [-0.3, -0.25) is 4.79 Å². The minimum absolute atomic E-state index is 0.00641. The van der Waals surface area contributed by atoms with Crippen molar-refractivity contribution in [2.24, 2.45) is 5.92 Å². The zero-order valence-electron chi connectivity index (χ0n) is 16.1. The number of benzene rings is 1. The molecule has 2 unspecified atom stereocenters. The molecule has 1 saturated carbocycles. The zero-order chi connectivity index (χ0) is 21.3. The normalized spacial score (nSPS) is 21.1. The third kappa shape index (κ3) is 4.48. The Hall–Kier alpha value is -2.88. The number of halogens is 3. The van der Waals surface area contributed by atoms with Crippen LogP contribution in [0.3, 0.4) is 0 Å². The molecule has 1 aromatic heterocycles. The van der Waals surface area contributed by atoms with Crippen molar-refractivity contribution in [2.75, 3.05) is 22.5 Å². The number of nitrogens with one attached hydrogen (secondary N) is 3. The van der Waals surface area contributed by atoms with Gasteiger partial charge < -0.3 is 21.1 Å². The molecule has 0 bridgehead atoms. The summed E-state index contributed by atoms with van der Waals surface area (Å²) in [6, 6.07) is 5.15. The van der Waals surface area contributed by atoms with Crippen LogP contribution in [0.15, 0.2) is 24.4 Å². The Morgan fingerprint density at radius 3 is 2.80 bits per heavy atom. The fraction of sp³-hybridized carbons (Fsp3) is 0.450. The Labute approximate surface area is 171 Å². The molecule has 4 rings (SSSR count). The maximum atomic E-state index is 13.4. The fourth-order valence-corrected chi connectivity index (χ4v) is 3.87. The summed E-state index contributed by atoms with van der Waals surface area (Å²) in [6.45, 7) is 0.202. The number of rotatable bonds is 5. The fourth-order valence-electron chi connectivity index (χ4n) is 3.87. The summed E-state index contributed by atoms with van der Waals surface area (Å²) in [5, 5.41) is 18.5. The SMILES string of the molecule is O=C1Cc2cc(Nc3ncc(C(F)(F)F)c(NCC4CCCCC4O)n3)ccc2N1. The van der Waals surface area contributed by atoms with Crippen LogP contribution in [0.25, 0.3) is 0 Å². The standard InChI is InChI=1S/C20H22F3N5O2/c21-20(22,23)14-10-25-19(26-13-5-6-15-12(7-13)8-17(30)27-15)28-18(14)24-9-11-3-1-2-4-16(11)29/h5-7,10-11,16,29H,1-4,8-9H2,(H,27,30)(H2,24,25,26,28). The van der Waals surface area contributed by atoms with Crippen molar-refractivity contribution in [1.82, 2.24) is 9.97 Å². The number of nitrogens with zero attached hydrogens (tertiary/aromatic N) is 2. The third-order valence-electron chi connectivity index (χ3n) is 5.48. The first-order chi connectivity index (χ1) is 14.3. The van der Waals surface area contributed by atoms with Gasteiger partial charge in [-0.05, 0) is 36.6 Å². The Kier molecular flexibility index (Phi) is 5.50. The molecule has 1 aliphatic carbocycles. The van der Waals surface area contributed by atoms with Gasteiger partial charge in [0.2, 0.25) is 11.9 Å². The Balaban J connectivity index is 1.53. The van der Waals surface area contributed by atoms with Crippen molar-refractivity contribution in [3.05, 3.63) is 35.5 Å². The lowest BCUT2D eigenvalue weighted by molar-refractivity contribution is -0.137. The number of hydrogen-bond acceptors (Lipinski definition) is 6. The number of hydrogen-bond donors (Lipinski definition) is 4. The molecule has 4 N–H and O–H groups in total. The second-order valence-electron chi connectivity index (χ2n) is 7.67. The Bertz CT molecular complexity index is 951. The van der Waals surface area contributed by atoms with E-state index < -0.39 is 17.8 Å². The second-order valence-corrected chi connectivity index (χ2v) is 7.67. The Morgan fingerprint density at radius 1 is 1.23 bits per heavy atom. The van der Waals surface area contributed by atoms with Gasteiger partial charge in [0.1, 0.15) is 11.4 Å². The van der Waals surface area contributed by atoms with Gasteiger partial charge in [0.05, 0.1) is 12.5 Å². The number of carbonyl (C=O) groups excluding carboxylic acids is 1. The van der Waals surface area contributed by atoms with Gasteiger partial charge >= 0.3 is 6.18 Å². The van der Waals surface area contributed by atoms with E-state index in [9.17, 15) is 23.1 Å². The van der Waals surface area contributed by atoms with E-state index in [1.165, 1.54) is 0 Å². The number of amides is 1. The predicted molar refractivity (Wildman–Crippen MR) is 106 cm³/mol. The van der Waals surface area contributed by atoms with Crippen LogP contribution < -0.4 is 16.0 Å². The lowest BCUT2D eigenvalue weighted by Gasteiger charge is -2.28. The minimum Gasteiger partial charge on any atom is -0.393 e. The predicted octanol–water partition coefficient (Wildman–Crippen LogP) is 3.70. The van der Waals surface area contributed by atoms with Gasteiger partial charge in [-0.2, -0.15) is 18.2 Å². The highest BCUT2D eigenvalue weighted by Gasteiger charge is 2.36. The molecule has 2 heterocycles. The van der Waals surface area contributed by atoms with Crippen molar-refractivity contribution >= 4 is 29.0 Å². The molecule has 2 atom stereocenters. The second kappa shape index (κ2) is 8.10. The lowest BCUT2D eigenvalue weighted by Crippen LogP contribution is -2.31. The molecule has 2 aliphatic rings. The van der Waals surface area contributed by atoms with Crippen LogP contribution in [-0.2, 0) is 17.4 Å². The third-order valence-corrected chi connectivity index (χ3v) is 5.48. The van der Waals surface area contributed by atoms with E-state index in [1.807, 2.05) is 0 Å². The highest BCUT2D eigenvalue weighted by atomic mass is 19.4. The quantitative estimate of drug-likeness (QED) is 0.588. The highest BCUT2D eigenvalue weighted by Crippen LogP contribution is 2.35. The summed E-state index contributed by atoms with van der Waals surface area (Å²) in [4.78, 5) is 19.3. The van der Waals surface area contributed by atoms with Crippen LogP contribution >= 0.6 is 0 Å². The summed E-state index contributed by atoms with van der Waals surface area (Å²) in [7, 11) is 0. The molecule has 7 nitrogen and oxygen atoms in total. The number of fused-ring (bicyclic) bond motifs is 1. The van der Waals surface area contributed by atoms with E-state index >= 15 is 0 Å². The number of aliphatic hydroxyl groups is 1. The summed E-state index contributed by atoms with van der Waals surface area (Å²) in [6.07, 6.45) is -0.855. The average molecular weight is 421 g/mol. The summed E-state index contributed by atoms with van der Waals surface area (Å²) in [5.74, 6) is -0.542. The molecular weight excluding hydrogens is 399 g/mol. The van der Waals surface area contributed by atoms with Crippen molar-refractivity contribution in [3.8, 4) is 0 Å². The van der Waals surface area contributed by atoms with Gasteiger partial charge in [-0.15, -0.1) is 0 Å². The van der Waals surface area contributed by atoms with E-state index in [4.69, 9.17) is 0 Å².